The SMILES string of the molecule is Cc1nc2nnc3ccc(C(=O)NCCN(C)C)cc3c2n1CC1CCCO1.O=C(O)C(F)(F)F. The molecule has 3 aromatic rings. The number of benzene rings is 1. The van der Waals surface area contributed by atoms with Gasteiger partial charge in [0.05, 0.1) is 23.7 Å². The number of aromatic nitrogens is 4. The maximum absolute atomic E-state index is 12.6. The summed E-state index contributed by atoms with van der Waals surface area (Å²) in [7, 11) is 3.96. The highest BCUT2D eigenvalue weighted by Gasteiger charge is 2.38. The summed E-state index contributed by atoms with van der Waals surface area (Å²) in [5.74, 6) is -1.96. The minimum Gasteiger partial charge on any atom is -0.475 e. The van der Waals surface area contributed by atoms with Gasteiger partial charge >= 0.3 is 12.1 Å². The van der Waals surface area contributed by atoms with Crippen molar-refractivity contribution in [3.05, 3.63) is 29.6 Å². The molecule has 1 atom stereocenters. The van der Waals surface area contributed by atoms with Gasteiger partial charge in [-0.2, -0.15) is 13.2 Å². The van der Waals surface area contributed by atoms with Crippen molar-refractivity contribution >= 4 is 33.9 Å². The summed E-state index contributed by atoms with van der Waals surface area (Å²) in [4.78, 5) is 28.1. The zero-order valence-corrected chi connectivity index (χ0v) is 19.6. The average molecular weight is 496 g/mol. The molecule has 190 valence electrons. The number of aryl methyl sites for hydroxylation is 1. The molecular formula is C22H27F3N6O4. The number of carboxylic acids is 1. The number of hydrogen-bond acceptors (Lipinski definition) is 7. The van der Waals surface area contributed by atoms with Crippen LogP contribution in [0.3, 0.4) is 0 Å². The van der Waals surface area contributed by atoms with E-state index in [9.17, 15) is 18.0 Å². The molecule has 0 radical (unpaired) electrons. The summed E-state index contributed by atoms with van der Waals surface area (Å²) in [6.07, 6.45) is -2.75. The number of carbonyl (C=O) groups excluding carboxylic acids is 1. The molecule has 1 unspecified atom stereocenters. The number of alkyl halides is 3. The summed E-state index contributed by atoms with van der Waals surface area (Å²) in [6.45, 7) is 4.92. The molecule has 0 bridgehead atoms. The van der Waals surface area contributed by atoms with Crippen LogP contribution in [0.4, 0.5) is 13.2 Å². The number of aliphatic carboxylic acids is 1. The largest absolute Gasteiger partial charge is 0.490 e. The molecule has 3 heterocycles. The second kappa shape index (κ2) is 11.0. The fraction of sp³-hybridized carbons (Fsp3) is 0.500. The third-order valence-corrected chi connectivity index (χ3v) is 5.40. The molecule has 1 aliphatic rings. The van der Waals surface area contributed by atoms with Crippen molar-refractivity contribution in [2.75, 3.05) is 33.8 Å². The molecule has 0 saturated carbocycles. The van der Waals surface area contributed by atoms with E-state index in [0.29, 0.717) is 17.8 Å². The number of carboxylic acid groups (broad SMARTS) is 1. The highest BCUT2D eigenvalue weighted by Crippen LogP contribution is 2.26. The summed E-state index contributed by atoms with van der Waals surface area (Å²) >= 11 is 0. The predicted octanol–water partition coefficient (Wildman–Crippen LogP) is 2.39. The molecule has 35 heavy (non-hydrogen) atoms. The number of carbonyl (C=O) groups is 2. The number of nitrogens with one attached hydrogen (secondary N) is 1. The minimum absolute atomic E-state index is 0.0874. The molecule has 4 rings (SSSR count). The second-order valence-corrected chi connectivity index (χ2v) is 8.37. The topological polar surface area (TPSA) is 122 Å². The van der Waals surface area contributed by atoms with Crippen LogP contribution in [0.1, 0.15) is 29.0 Å². The van der Waals surface area contributed by atoms with E-state index in [-0.39, 0.29) is 12.0 Å². The Morgan fingerprint density at radius 3 is 2.60 bits per heavy atom. The lowest BCUT2D eigenvalue weighted by molar-refractivity contribution is -0.192. The van der Waals surface area contributed by atoms with E-state index < -0.39 is 12.1 Å². The summed E-state index contributed by atoms with van der Waals surface area (Å²) < 4.78 is 39.7. The summed E-state index contributed by atoms with van der Waals surface area (Å²) in [5.41, 5.74) is 2.89. The zero-order chi connectivity index (χ0) is 25.8. The van der Waals surface area contributed by atoms with Gasteiger partial charge in [-0.3, -0.25) is 4.79 Å². The van der Waals surface area contributed by atoms with E-state index in [1.165, 1.54) is 0 Å². The molecule has 1 amide bonds. The molecule has 13 heteroatoms. The Bertz CT molecular complexity index is 1210. The smallest absolute Gasteiger partial charge is 0.475 e. The van der Waals surface area contributed by atoms with Crippen molar-refractivity contribution in [3.8, 4) is 0 Å². The van der Waals surface area contributed by atoms with Crippen LogP contribution in [0, 0.1) is 6.92 Å². The van der Waals surface area contributed by atoms with Crippen LogP contribution in [-0.2, 0) is 16.1 Å². The van der Waals surface area contributed by atoms with Gasteiger partial charge in [0.2, 0.25) is 5.65 Å². The lowest BCUT2D eigenvalue weighted by Gasteiger charge is -2.14. The highest BCUT2D eigenvalue weighted by atomic mass is 19.4. The van der Waals surface area contributed by atoms with Gasteiger partial charge in [-0.1, -0.05) is 0 Å². The number of hydrogen-bond donors (Lipinski definition) is 2. The molecule has 1 aromatic carbocycles. The molecule has 0 spiro atoms. The van der Waals surface area contributed by atoms with Gasteiger partial charge in [-0.15, -0.1) is 10.2 Å². The average Bonchev–Trinajstić information content (AvgIpc) is 3.41. The number of nitrogens with zero attached hydrogens (tertiary/aromatic N) is 5. The van der Waals surface area contributed by atoms with Crippen LogP contribution >= 0.6 is 0 Å². The lowest BCUT2D eigenvalue weighted by atomic mass is 10.1. The Labute approximate surface area is 199 Å². The molecule has 2 N–H and O–H groups in total. The summed E-state index contributed by atoms with van der Waals surface area (Å²) in [6, 6.07) is 5.54. The first-order valence-corrected chi connectivity index (χ1v) is 10.9. The third kappa shape index (κ3) is 6.63. The fourth-order valence-corrected chi connectivity index (χ4v) is 3.65. The van der Waals surface area contributed by atoms with Crippen LogP contribution in [0.2, 0.25) is 0 Å². The Kier molecular flexibility index (Phi) is 8.22. The third-order valence-electron chi connectivity index (χ3n) is 5.40. The van der Waals surface area contributed by atoms with E-state index in [0.717, 1.165) is 54.8 Å². The maximum Gasteiger partial charge on any atom is 0.490 e. The van der Waals surface area contributed by atoms with E-state index in [1.54, 1.807) is 6.07 Å². The van der Waals surface area contributed by atoms with E-state index in [1.807, 2.05) is 38.1 Å². The molecule has 1 saturated heterocycles. The summed E-state index contributed by atoms with van der Waals surface area (Å²) in [5, 5.41) is 19.5. The van der Waals surface area contributed by atoms with E-state index >= 15 is 0 Å². The Hall–Kier alpha value is -3.32. The number of amides is 1. The van der Waals surface area contributed by atoms with Crippen molar-refractivity contribution in [2.45, 2.75) is 38.6 Å². The number of imidazole rings is 1. The van der Waals surface area contributed by atoms with Gasteiger partial charge in [-0.25, -0.2) is 9.78 Å². The molecule has 10 nitrogen and oxygen atoms in total. The van der Waals surface area contributed by atoms with Crippen LogP contribution in [0.5, 0.6) is 0 Å². The normalized spacial score (nSPS) is 15.9. The van der Waals surface area contributed by atoms with Gasteiger partial charge in [-0.05, 0) is 52.1 Å². The molecule has 2 aromatic heterocycles. The first kappa shape index (κ1) is 26.3. The number of likely N-dealkylation sites (N-methyl/N-ethyl adjacent to an activating group) is 1. The molecule has 1 fully saturated rings. The monoisotopic (exact) mass is 496 g/mol. The van der Waals surface area contributed by atoms with Crippen LogP contribution in [0.15, 0.2) is 18.2 Å². The highest BCUT2D eigenvalue weighted by molar-refractivity contribution is 6.05. The Morgan fingerprint density at radius 2 is 2.00 bits per heavy atom. The van der Waals surface area contributed by atoms with Crippen LogP contribution in [-0.4, -0.2) is 87.7 Å². The molecule has 0 aliphatic carbocycles. The number of halogens is 3. The second-order valence-electron chi connectivity index (χ2n) is 8.37. The number of fused-ring (bicyclic) bond motifs is 3. The van der Waals surface area contributed by atoms with Crippen molar-refractivity contribution in [1.29, 1.82) is 0 Å². The quantitative estimate of drug-likeness (QED) is 0.534. The van der Waals surface area contributed by atoms with Crippen molar-refractivity contribution in [1.82, 2.24) is 30.0 Å². The van der Waals surface area contributed by atoms with E-state index in [2.05, 4.69) is 25.1 Å². The predicted molar refractivity (Wildman–Crippen MR) is 121 cm³/mol. The fourth-order valence-electron chi connectivity index (χ4n) is 3.65. The lowest BCUT2D eigenvalue weighted by Crippen LogP contribution is -2.31. The van der Waals surface area contributed by atoms with Gasteiger partial charge in [0.15, 0.2) is 0 Å². The Morgan fingerprint density at radius 1 is 1.29 bits per heavy atom. The van der Waals surface area contributed by atoms with Gasteiger partial charge < -0.3 is 24.6 Å². The van der Waals surface area contributed by atoms with Gasteiger partial charge in [0.25, 0.3) is 5.91 Å². The van der Waals surface area contributed by atoms with Crippen molar-refractivity contribution in [2.24, 2.45) is 0 Å². The van der Waals surface area contributed by atoms with Crippen LogP contribution < -0.4 is 5.32 Å². The van der Waals surface area contributed by atoms with Crippen molar-refractivity contribution < 1.29 is 32.6 Å². The standard InChI is InChI=1S/C20H26N6O2.C2HF3O2/c1-13-22-19-18(26(13)12-15-5-4-10-28-15)16-11-14(6-7-17(16)23-24-19)20(27)21-8-9-25(2)3;3-2(4,5)1(6)7/h6-7,11,15H,4-5,8-10,12H2,1-3H3,(H,21,27);(H,6,7). The van der Waals surface area contributed by atoms with Crippen LogP contribution in [0.25, 0.3) is 22.1 Å². The first-order chi connectivity index (χ1) is 16.5. The van der Waals surface area contributed by atoms with Gasteiger partial charge in [0.1, 0.15) is 5.82 Å². The van der Waals surface area contributed by atoms with Gasteiger partial charge in [0, 0.05) is 30.6 Å². The number of rotatable bonds is 6. The minimum atomic E-state index is -5.08. The molecular weight excluding hydrogens is 469 g/mol. The zero-order valence-electron chi connectivity index (χ0n) is 19.6. The first-order valence-electron chi connectivity index (χ1n) is 10.9. The van der Waals surface area contributed by atoms with Crippen molar-refractivity contribution in [3.63, 3.8) is 0 Å². The Balaban J connectivity index is 0.000000429. The maximum atomic E-state index is 12.6. The number of ether oxygens (including phenoxy) is 1. The molecule has 1 aliphatic heterocycles. The van der Waals surface area contributed by atoms with E-state index in [4.69, 9.17) is 14.6 Å².